The van der Waals surface area contributed by atoms with Crippen LogP contribution in [0.5, 0.6) is 0 Å². The molecule has 0 saturated carbocycles. The average molecular weight is 571 g/mol. The van der Waals surface area contributed by atoms with Gasteiger partial charge in [-0.05, 0) is 74.1 Å². The topological polar surface area (TPSA) is 115 Å². The van der Waals surface area contributed by atoms with Crippen LogP contribution in [0, 0.1) is 6.92 Å². The molecule has 0 bridgehead atoms. The lowest BCUT2D eigenvalue weighted by atomic mass is 9.99. The van der Waals surface area contributed by atoms with Crippen molar-refractivity contribution in [2.24, 2.45) is 7.05 Å². The van der Waals surface area contributed by atoms with E-state index in [2.05, 4.69) is 15.5 Å². The number of hydrogen-bond acceptors (Lipinski definition) is 8. The van der Waals surface area contributed by atoms with Crippen LogP contribution < -0.4 is 26.8 Å². The maximum Gasteiger partial charge on any atom is 0.293 e. The van der Waals surface area contributed by atoms with Crippen molar-refractivity contribution in [3.05, 3.63) is 79.9 Å². The Morgan fingerprint density at radius 3 is 2.68 bits per heavy atom. The van der Waals surface area contributed by atoms with Crippen LogP contribution >= 0.6 is 11.3 Å². The number of nitrogens with one attached hydrogen (secondary N) is 2. The van der Waals surface area contributed by atoms with Crippen LogP contribution in [0.1, 0.15) is 38.5 Å². The number of fused-ring (bicyclic) bond motifs is 1. The van der Waals surface area contributed by atoms with Crippen LogP contribution in [0.4, 0.5) is 28.6 Å². The van der Waals surface area contributed by atoms with E-state index in [1.165, 1.54) is 27.8 Å². The Morgan fingerprint density at radius 2 is 1.90 bits per heavy atom. The van der Waals surface area contributed by atoms with Gasteiger partial charge in [0.05, 0.1) is 35.2 Å². The van der Waals surface area contributed by atoms with E-state index in [0.717, 1.165) is 53.3 Å². The molecule has 6 rings (SSSR count). The molecular weight excluding hydrogens is 536 g/mol. The normalized spacial score (nSPS) is 14.9. The quantitative estimate of drug-likeness (QED) is 0.276. The van der Waals surface area contributed by atoms with E-state index in [9.17, 15) is 9.59 Å². The number of ether oxygens (including phenoxy) is 1. The first-order valence-corrected chi connectivity index (χ1v) is 14.8. The first-order valence-electron chi connectivity index (χ1n) is 14.0. The number of rotatable bonds is 6. The lowest BCUT2D eigenvalue weighted by Gasteiger charge is -2.30. The first kappa shape index (κ1) is 27.0. The van der Waals surface area contributed by atoms with Crippen molar-refractivity contribution in [3.63, 3.8) is 0 Å². The minimum atomic E-state index is -0.256. The largest absolute Gasteiger partial charge is 0.397 e. The highest BCUT2D eigenvalue weighted by Crippen LogP contribution is 2.32. The van der Waals surface area contributed by atoms with Crippen molar-refractivity contribution in [3.8, 4) is 11.3 Å². The van der Waals surface area contributed by atoms with E-state index in [0.29, 0.717) is 30.3 Å². The summed E-state index contributed by atoms with van der Waals surface area (Å²) >= 11 is 1.60. The molecule has 212 valence electrons. The van der Waals surface area contributed by atoms with E-state index in [4.69, 9.17) is 15.5 Å². The fraction of sp³-hybridized carbons (Fsp3) is 0.323. The smallest absolute Gasteiger partial charge is 0.293 e. The van der Waals surface area contributed by atoms with Crippen LogP contribution in [0.25, 0.3) is 11.3 Å². The predicted octanol–water partition coefficient (Wildman–Crippen LogP) is 5.11. The Labute approximate surface area is 243 Å². The second-order valence-electron chi connectivity index (χ2n) is 10.6. The monoisotopic (exact) mass is 570 g/mol. The molecule has 1 amide bonds. The molecule has 0 spiro atoms. The molecule has 9 nitrogen and oxygen atoms in total. The Bertz CT molecular complexity index is 1650. The fourth-order valence-corrected chi connectivity index (χ4v) is 6.66. The Hall–Kier alpha value is -4.15. The van der Waals surface area contributed by atoms with E-state index in [1.807, 2.05) is 49.4 Å². The Morgan fingerprint density at radius 1 is 1.10 bits per heavy atom. The highest BCUT2D eigenvalue weighted by molar-refractivity contribution is 7.14. The van der Waals surface area contributed by atoms with Crippen molar-refractivity contribution in [2.45, 2.75) is 32.6 Å². The third kappa shape index (κ3) is 5.57. The van der Waals surface area contributed by atoms with Gasteiger partial charge in [0, 0.05) is 48.1 Å². The van der Waals surface area contributed by atoms with E-state index in [1.54, 1.807) is 24.6 Å². The molecule has 0 atom stereocenters. The number of benzene rings is 2. The number of nitrogens with zero attached hydrogens (tertiary/aromatic N) is 3. The standard InChI is InChI=1S/C31H34N6O3S/c1-19-22(7-5-8-24(19)35-30(38)28-16-20-6-3-4-9-27(20)41-28)25-18-36(2)31(39)29(34-25)33-21-10-11-26(23(32)17-21)37-12-14-40-15-13-37/h5,7-8,10-11,16-18H,3-4,6,9,12-15,32H2,1-2H3,(H,33,34)(H,35,38). The van der Waals surface area contributed by atoms with Gasteiger partial charge >= 0.3 is 0 Å². The van der Waals surface area contributed by atoms with Gasteiger partial charge in [-0.3, -0.25) is 9.59 Å². The second-order valence-corrected chi connectivity index (χ2v) is 11.7. The van der Waals surface area contributed by atoms with Crippen LogP contribution in [0.2, 0.25) is 0 Å². The van der Waals surface area contributed by atoms with Crippen molar-refractivity contribution in [1.29, 1.82) is 0 Å². The molecule has 4 N–H and O–H groups in total. The molecule has 0 radical (unpaired) electrons. The summed E-state index contributed by atoms with van der Waals surface area (Å²) in [6, 6.07) is 13.5. The first-order chi connectivity index (χ1) is 19.9. The van der Waals surface area contributed by atoms with Gasteiger partial charge in [-0.2, -0.15) is 0 Å². The predicted molar refractivity (Wildman–Crippen MR) is 166 cm³/mol. The number of carbonyl (C=O) groups is 1. The lowest BCUT2D eigenvalue weighted by Crippen LogP contribution is -2.36. The van der Waals surface area contributed by atoms with Crippen molar-refractivity contribution < 1.29 is 9.53 Å². The summed E-state index contributed by atoms with van der Waals surface area (Å²) in [5.74, 6) is 0.0973. The summed E-state index contributed by atoms with van der Waals surface area (Å²) < 4.78 is 6.96. The van der Waals surface area contributed by atoms with E-state index >= 15 is 0 Å². The van der Waals surface area contributed by atoms with Gasteiger partial charge in [0.2, 0.25) is 0 Å². The number of aromatic nitrogens is 2. The van der Waals surface area contributed by atoms with Gasteiger partial charge in [0.25, 0.3) is 11.5 Å². The van der Waals surface area contributed by atoms with Crippen molar-refractivity contribution in [1.82, 2.24) is 9.55 Å². The maximum absolute atomic E-state index is 13.1. The van der Waals surface area contributed by atoms with Crippen molar-refractivity contribution in [2.75, 3.05) is 47.6 Å². The molecule has 4 aromatic rings. The second kappa shape index (κ2) is 11.4. The number of nitrogens with two attached hydrogens (primary N) is 1. The molecule has 2 aromatic carbocycles. The number of hydrogen-bond donors (Lipinski definition) is 3. The molecule has 2 aromatic heterocycles. The number of thiophene rings is 1. The number of nitrogen functional groups attached to an aromatic ring is 1. The highest BCUT2D eigenvalue weighted by atomic mass is 32.1. The fourth-order valence-electron chi connectivity index (χ4n) is 5.51. The summed E-state index contributed by atoms with van der Waals surface area (Å²) in [6.07, 6.45) is 6.19. The van der Waals surface area contributed by atoms with Crippen LogP contribution in [0.15, 0.2) is 53.5 Å². The molecule has 1 aliphatic heterocycles. The van der Waals surface area contributed by atoms with Crippen LogP contribution in [-0.4, -0.2) is 41.8 Å². The molecule has 0 unspecified atom stereocenters. The number of anilines is 5. The number of aryl methyl sites for hydroxylation is 3. The van der Waals surface area contributed by atoms with Gasteiger partial charge in [-0.15, -0.1) is 11.3 Å². The molecule has 1 aliphatic carbocycles. The average Bonchev–Trinajstić information content (AvgIpc) is 3.42. The Kier molecular flexibility index (Phi) is 7.51. The third-order valence-corrected chi connectivity index (χ3v) is 9.03. The summed E-state index contributed by atoms with van der Waals surface area (Å²) in [5.41, 5.74) is 12.7. The molecule has 1 saturated heterocycles. The van der Waals surface area contributed by atoms with Crippen LogP contribution in [0.3, 0.4) is 0 Å². The van der Waals surface area contributed by atoms with Gasteiger partial charge in [0.1, 0.15) is 0 Å². The SMILES string of the molecule is Cc1c(NC(=O)c2cc3c(s2)CCCC3)cccc1-c1cn(C)c(=O)c(Nc2ccc(N3CCOCC3)c(N)c2)n1. The zero-order valence-corrected chi connectivity index (χ0v) is 24.1. The minimum Gasteiger partial charge on any atom is -0.397 e. The van der Waals surface area contributed by atoms with Gasteiger partial charge in [-0.1, -0.05) is 12.1 Å². The molecular formula is C31H34N6O3S. The van der Waals surface area contributed by atoms with E-state index < -0.39 is 0 Å². The summed E-state index contributed by atoms with van der Waals surface area (Å²) in [6.45, 7) is 4.87. The van der Waals surface area contributed by atoms with Gasteiger partial charge in [0.15, 0.2) is 5.82 Å². The summed E-state index contributed by atoms with van der Waals surface area (Å²) in [5, 5.41) is 6.27. The molecule has 10 heteroatoms. The van der Waals surface area contributed by atoms with Crippen molar-refractivity contribution >= 4 is 45.8 Å². The summed E-state index contributed by atoms with van der Waals surface area (Å²) in [4.78, 5) is 35.1. The maximum atomic E-state index is 13.1. The minimum absolute atomic E-state index is 0.0986. The van der Waals surface area contributed by atoms with Gasteiger partial charge in [-0.25, -0.2) is 4.98 Å². The number of carbonyl (C=O) groups excluding carboxylic acids is 1. The number of amides is 1. The lowest BCUT2D eigenvalue weighted by molar-refractivity contribution is 0.103. The van der Waals surface area contributed by atoms with E-state index in [-0.39, 0.29) is 17.3 Å². The zero-order chi connectivity index (χ0) is 28.5. The number of morpholine rings is 1. The zero-order valence-electron chi connectivity index (χ0n) is 23.3. The molecule has 2 aliphatic rings. The highest BCUT2D eigenvalue weighted by Gasteiger charge is 2.19. The van der Waals surface area contributed by atoms with Gasteiger partial charge < -0.3 is 30.6 Å². The molecule has 1 fully saturated rings. The Balaban J connectivity index is 1.25. The molecule has 41 heavy (non-hydrogen) atoms. The van der Waals surface area contributed by atoms with Crippen LogP contribution in [-0.2, 0) is 24.6 Å². The summed E-state index contributed by atoms with van der Waals surface area (Å²) in [7, 11) is 1.70. The third-order valence-electron chi connectivity index (χ3n) is 7.79. The molecule has 3 heterocycles.